The zero-order valence-corrected chi connectivity index (χ0v) is 10.0. The smallest absolute Gasteiger partial charge is 0.339 e. The second-order valence-corrected chi connectivity index (χ2v) is 3.43. The molecule has 1 rings (SSSR count). The van der Waals surface area contributed by atoms with Gasteiger partial charge in [-0.2, -0.15) is 0 Å². The molecule has 4 heteroatoms. The van der Waals surface area contributed by atoms with Crippen molar-refractivity contribution in [2.24, 2.45) is 0 Å². The largest absolute Gasteiger partial charge is 0.462 e. The molecule has 0 amide bonds. The highest BCUT2D eigenvalue weighted by atomic mass is 79.9. The summed E-state index contributed by atoms with van der Waals surface area (Å²) >= 11 is 3.28. The average molecular weight is 270 g/mol. The lowest BCUT2D eigenvalue weighted by atomic mass is 10.2. The maximum atomic E-state index is 11.4. The predicted molar refractivity (Wildman–Crippen MR) is 63.0 cm³/mol. The van der Waals surface area contributed by atoms with Gasteiger partial charge in [0.05, 0.1) is 12.2 Å². The lowest BCUT2D eigenvalue weighted by Gasteiger charge is -2.01. The number of rotatable bonds is 4. The summed E-state index contributed by atoms with van der Waals surface area (Å²) < 4.78 is 4.88. The Labute approximate surface area is 97.3 Å². The predicted octanol–water partition coefficient (Wildman–Crippen LogP) is 2.67. The van der Waals surface area contributed by atoms with Crippen molar-refractivity contribution in [1.29, 1.82) is 0 Å². The molecule has 0 aliphatic carbocycles. The van der Waals surface area contributed by atoms with E-state index in [9.17, 15) is 4.79 Å². The molecule has 1 aromatic rings. The summed E-state index contributed by atoms with van der Waals surface area (Å²) in [5, 5.41) is 0.774. The Morgan fingerprint density at radius 1 is 1.60 bits per heavy atom. The highest BCUT2D eigenvalue weighted by molar-refractivity contribution is 9.09. The highest BCUT2D eigenvalue weighted by Gasteiger charge is 2.06. The van der Waals surface area contributed by atoms with E-state index in [0.717, 1.165) is 10.9 Å². The minimum Gasteiger partial charge on any atom is -0.462 e. The fourth-order valence-electron chi connectivity index (χ4n) is 1.06. The molecule has 3 nitrogen and oxygen atoms in total. The summed E-state index contributed by atoms with van der Waals surface area (Å²) in [5.41, 5.74) is 1.37. The molecule has 15 heavy (non-hydrogen) atoms. The normalized spacial score (nSPS) is 10.5. The van der Waals surface area contributed by atoms with Gasteiger partial charge in [0.15, 0.2) is 0 Å². The molecule has 0 saturated heterocycles. The standard InChI is InChI=1S/C11H12BrNO2/c1-2-15-11(14)10-6-9(4-3-5-12)7-13-8-10/h3-4,6-8H,2,5H2,1H3. The van der Waals surface area contributed by atoms with E-state index >= 15 is 0 Å². The number of aromatic nitrogens is 1. The number of alkyl halides is 1. The molecule has 0 bridgehead atoms. The van der Waals surface area contributed by atoms with E-state index in [-0.39, 0.29) is 5.97 Å². The summed E-state index contributed by atoms with van der Waals surface area (Å²) in [6.45, 7) is 2.15. The fraction of sp³-hybridized carbons (Fsp3) is 0.273. The second kappa shape index (κ2) is 6.35. The monoisotopic (exact) mass is 269 g/mol. The Kier molecular flexibility index (Phi) is 5.04. The molecule has 0 fully saturated rings. The van der Waals surface area contributed by atoms with Crippen molar-refractivity contribution in [2.45, 2.75) is 6.92 Å². The molecule has 0 spiro atoms. The number of carbonyl (C=O) groups is 1. The molecule has 0 aliphatic rings. The second-order valence-electron chi connectivity index (χ2n) is 2.78. The van der Waals surface area contributed by atoms with Gasteiger partial charge in [-0.25, -0.2) is 4.79 Å². The molecule has 1 aromatic heterocycles. The third kappa shape index (κ3) is 3.83. The Morgan fingerprint density at radius 3 is 3.07 bits per heavy atom. The van der Waals surface area contributed by atoms with Crippen LogP contribution in [-0.2, 0) is 4.74 Å². The quantitative estimate of drug-likeness (QED) is 0.623. The van der Waals surface area contributed by atoms with Crippen molar-refractivity contribution in [2.75, 3.05) is 11.9 Å². The van der Waals surface area contributed by atoms with E-state index in [0.29, 0.717) is 12.2 Å². The maximum absolute atomic E-state index is 11.4. The van der Waals surface area contributed by atoms with Crippen LogP contribution in [0.15, 0.2) is 24.5 Å². The van der Waals surface area contributed by atoms with E-state index in [1.165, 1.54) is 6.20 Å². The van der Waals surface area contributed by atoms with Gasteiger partial charge in [-0.15, -0.1) is 0 Å². The lowest BCUT2D eigenvalue weighted by Crippen LogP contribution is -2.05. The molecule has 0 unspecified atom stereocenters. The number of allylic oxidation sites excluding steroid dienone is 1. The van der Waals surface area contributed by atoms with Gasteiger partial charge >= 0.3 is 5.97 Å². The minimum absolute atomic E-state index is 0.334. The Bertz CT molecular complexity index is 363. The summed E-state index contributed by atoms with van der Waals surface area (Å²) in [7, 11) is 0. The SMILES string of the molecule is CCOC(=O)c1cncc(C=CCBr)c1. The van der Waals surface area contributed by atoms with Gasteiger partial charge in [0.25, 0.3) is 0 Å². The number of nitrogens with zero attached hydrogens (tertiary/aromatic N) is 1. The van der Waals surface area contributed by atoms with Crippen LogP contribution in [-0.4, -0.2) is 22.9 Å². The van der Waals surface area contributed by atoms with Crippen molar-refractivity contribution in [3.8, 4) is 0 Å². The van der Waals surface area contributed by atoms with Gasteiger partial charge in [0.2, 0.25) is 0 Å². The summed E-state index contributed by atoms with van der Waals surface area (Å²) in [5.74, 6) is -0.334. The van der Waals surface area contributed by atoms with Gasteiger partial charge in [0.1, 0.15) is 0 Å². The number of ether oxygens (including phenoxy) is 1. The van der Waals surface area contributed by atoms with Gasteiger partial charge in [-0.05, 0) is 18.6 Å². The van der Waals surface area contributed by atoms with E-state index in [2.05, 4.69) is 20.9 Å². The van der Waals surface area contributed by atoms with Crippen LogP contribution in [0.3, 0.4) is 0 Å². The van der Waals surface area contributed by atoms with Crippen LogP contribution in [0.2, 0.25) is 0 Å². The van der Waals surface area contributed by atoms with Crippen LogP contribution in [0.4, 0.5) is 0 Å². The lowest BCUT2D eigenvalue weighted by molar-refractivity contribution is 0.0526. The zero-order valence-electron chi connectivity index (χ0n) is 8.44. The first kappa shape index (κ1) is 11.9. The van der Waals surface area contributed by atoms with Crippen LogP contribution >= 0.6 is 15.9 Å². The Balaban J connectivity index is 2.82. The molecule has 0 N–H and O–H groups in total. The number of hydrogen-bond acceptors (Lipinski definition) is 3. The maximum Gasteiger partial charge on any atom is 0.339 e. The highest BCUT2D eigenvalue weighted by Crippen LogP contribution is 2.06. The molecular formula is C11H12BrNO2. The molecule has 0 aromatic carbocycles. The molecule has 0 atom stereocenters. The van der Waals surface area contributed by atoms with Crippen LogP contribution in [0.1, 0.15) is 22.8 Å². The van der Waals surface area contributed by atoms with Crippen molar-refractivity contribution in [3.63, 3.8) is 0 Å². The summed E-state index contributed by atoms with van der Waals surface area (Å²) in [6.07, 6.45) is 7.03. The number of carbonyl (C=O) groups excluding carboxylic acids is 1. The molecule has 0 saturated carbocycles. The topological polar surface area (TPSA) is 39.2 Å². The Morgan fingerprint density at radius 2 is 2.40 bits per heavy atom. The van der Waals surface area contributed by atoms with Gasteiger partial charge in [-0.3, -0.25) is 4.98 Å². The average Bonchev–Trinajstić information content (AvgIpc) is 2.27. The van der Waals surface area contributed by atoms with Crippen molar-refractivity contribution >= 4 is 28.0 Å². The zero-order chi connectivity index (χ0) is 11.1. The third-order valence-corrected chi connectivity index (χ3v) is 2.04. The minimum atomic E-state index is -0.334. The van der Waals surface area contributed by atoms with Crippen LogP contribution in [0, 0.1) is 0 Å². The summed E-state index contributed by atoms with van der Waals surface area (Å²) in [6, 6.07) is 1.75. The first-order chi connectivity index (χ1) is 7.27. The molecule has 0 aliphatic heterocycles. The molecule has 80 valence electrons. The molecule has 1 heterocycles. The number of halogens is 1. The van der Waals surface area contributed by atoms with Crippen LogP contribution in [0.5, 0.6) is 0 Å². The fourth-order valence-corrected chi connectivity index (χ4v) is 1.24. The van der Waals surface area contributed by atoms with E-state index in [1.807, 2.05) is 12.2 Å². The van der Waals surface area contributed by atoms with Crippen molar-refractivity contribution in [3.05, 3.63) is 35.7 Å². The van der Waals surface area contributed by atoms with Crippen molar-refractivity contribution in [1.82, 2.24) is 4.98 Å². The van der Waals surface area contributed by atoms with Gasteiger partial charge < -0.3 is 4.74 Å². The van der Waals surface area contributed by atoms with E-state index in [1.54, 1.807) is 19.2 Å². The van der Waals surface area contributed by atoms with Crippen molar-refractivity contribution < 1.29 is 9.53 Å². The van der Waals surface area contributed by atoms with Crippen LogP contribution < -0.4 is 0 Å². The van der Waals surface area contributed by atoms with E-state index in [4.69, 9.17) is 4.74 Å². The number of esters is 1. The number of hydrogen-bond donors (Lipinski definition) is 0. The first-order valence-electron chi connectivity index (χ1n) is 4.62. The molecular weight excluding hydrogens is 258 g/mol. The molecule has 0 radical (unpaired) electrons. The first-order valence-corrected chi connectivity index (χ1v) is 5.74. The van der Waals surface area contributed by atoms with Crippen LogP contribution in [0.25, 0.3) is 6.08 Å². The van der Waals surface area contributed by atoms with Gasteiger partial charge in [-0.1, -0.05) is 28.1 Å². The number of pyridine rings is 1. The Hall–Kier alpha value is -1.16. The summed E-state index contributed by atoms with van der Waals surface area (Å²) in [4.78, 5) is 15.3. The van der Waals surface area contributed by atoms with E-state index < -0.39 is 0 Å². The third-order valence-electron chi connectivity index (χ3n) is 1.67. The van der Waals surface area contributed by atoms with Gasteiger partial charge in [0, 0.05) is 17.7 Å².